The second kappa shape index (κ2) is 4.66. The molecule has 0 aliphatic heterocycles. The molecule has 20 heavy (non-hydrogen) atoms. The molecule has 0 radical (unpaired) electrons. The van der Waals surface area contributed by atoms with Gasteiger partial charge in [0.1, 0.15) is 5.75 Å². The first-order chi connectivity index (χ1) is 9.83. The Morgan fingerprint density at radius 1 is 0.900 bits per heavy atom. The van der Waals surface area contributed by atoms with Crippen LogP contribution in [0.15, 0.2) is 42.5 Å². The van der Waals surface area contributed by atoms with E-state index in [0.717, 1.165) is 17.6 Å². The average molecular weight is 264 g/mol. The van der Waals surface area contributed by atoms with E-state index in [0.29, 0.717) is 0 Å². The molecule has 0 heterocycles. The Morgan fingerprint density at radius 3 is 2.35 bits per heavy atom. The number of methoxy groups -OCH3 is 1. The Labute approximate surface area is 120 Å². The lowest BCUT2D eigenvalue weighted by Crippen LogP contribution is -2.20. The molecule has 0 saturated heterocycles. The first kappa shape index (κ1) is 12.0. The number of allylic oxidation sites excluding steroid dienone is 2. The van der Waals surface area contributed by atoms with Crippen LogP contribution in [0.4, 0.5) is 0 Å². The summed E-state index contributed by atoms with van der Waals surface area (Å²) in [7, 11) is 1.72. The molecule has 1 fully saturated rings. The third-order valence-electron chi connectivity index (χ3n) is 5.01. The summed E-state index contributed by atoms with van der Waals surface area (Å²) < 4.78 is 5.30. The van der Waals surface area contributed by atoms with E-state index in [4.69, 9.17) is 4.74 Å². The smallest absolute Gasteiger partial charge is 0.119 e. The maximum absolute atomic E-state index is 5.30. The second-order valence-electron chi connectivity index (χ2n) is 6.16. The zero-order valence-corrected chi connectivity index (χ0v) is 11.9. The van der Waals surface area contributed by atoms with Crippen molar-refractivity contribution in [2.75, 3.05) is 7.11 Å². The van der Waals surface area contributed by atoms with Gasteiger partial charge in [-0.05, 0) is 77.6 Å². The third kappa shape index (κ3) is 1.93. The Bertz CT molecular complexity index is 675. The molecular formula is C19H20O. The standard InChI is InChI=1S/C19H20O/c1-20-18-9-8-15-11-17(7-6-16(15)12-18)19-10-13-2-4-14(19)5-3-13/h6-14H,2-5H2,1H3. The van der Waals surface area contributed by atoms with Crippen LogP contribution in [0.25, 0.3) is 16.3 Å². The van der Waals surface area contributed by atoms with Crippen LogP contribution in [0.2, 0.25) is 0 Å². The summed E-state index contributed by atoms with van der Waals surface area (Å²) in [5.74, 6) is 2.57. The van der Waals surface area contributed by atoms with Crippen LogP contribution in [-0.4, -0.2) is 7.11 Å². The Morgan fingerprint density at radius 2 is 1.65 bits per heavy atom. The minimum Gasteiger partial charge on any atom is -0.497 e. The van der Waals surface area contributed by atoms with Gasteiger partial charge in [-0.15, -0.1) is 0 Å². The molecule has 2 bridgehead atoms. The first-order valence-electron chi connectivity index (χ1n) is 7.63. The number of ether oxygens (including phenoxy) is 1. The van der Waals surface area contributed by atoms with E-state index >= 15 is 0 Å². The quantitative estimate of drug-likeness (QED) is 0.737. The van der Waals surface area contributed by atoms with E-state index in [1.54, 1.807) is 12.7 Å². The topological polar surface area (TPSA) is 9.23 Å². The molecule has 2 aromatic carbocycles. The van der Waals surface area contributed by atoms with Crippen LogP contribution >= 0.6 is 0 Å². The van der Waals surface area contributed by atoms with Crippen molar-refractivity contribution in [2.45, 2.75) is 25.7 Å². The summed E-state index contributed by atoms with van der Waals surface area (Å²) in [6.07, 6.45) is 8.12. The van der Waals surface area contributed by atoms with E-state index < -0.39 is 0 Å². The normalized spacial score (nSPS) is 24.8. The summed E-state index contributed by atoms with van der Waals surface area (Å²) in [6.45, 7) is 0. The predicted molar refractivity (Wildman–Crippen MR) is 83.9 cm³/mol. The van der Waals surface area contributed by atoms with Crippen molar-refractivity contribution in [3.8, 4) is 5.75 Å². The molecule has 1 saturated carbocycles. The van der Waals surface area contributed by atoms with Crippen molar-refractivity contribution in [1.29, 1.82) is 0 Å². The van der Waals surface area contributed by atoms with Crippen molar-refractivity contribution >= 4 is 16.3 Å². The van der Waals surface area contributed by atoms with E-state index in [-0.39, 0.29) is 0 Å². The molecule has 2 aromatic rings. The summed E-state index contributed by atoms with van der Waals surface area (Å²) in [5.41, 5.74) is 3.03. The SMILES string of the molecule is COc1ccc2cc(C3=CC4CCC3CC4)ccc2c1. The van der Waals surface area contributed by atoms with Crippen molar-refractivity contribution in [3.63, 3.8) is 0 Å². The van der Waals surface area contributed by atoms with E-state index in [1.807, 2.05) is 6.07 Å². The van der Waals surface area contributed by atoms with Crippen LogP contribution < -0.4 is 4.74 Å². The van der Waals surface area contributed by atoms with Gasteiger partial charge in [-0.25, -0.2) is 0 Å². The van der Waals surface area contributed by atoms with Gasteiger partial charge in [0.2, 0.25) is 0 Å². The average Bonchev–Trinajstić information content (AvgIpc) is 2.55. The second-order valence-corrected chi connectivity index (χ2v) is 6.16. The molecule has 0 atom stereocenters. The summed E-state index contributed by atoms with van der Waals surface area (Å²) >= 11 is 0. The van der Waals surface area contributed by atoms with E-state index in [2.05, 4.69) is 36.4 Å². The van der Waals surface area contributed by atoms with Crippen LogP contribution in [0.3, 0.4) is 0 Å². The lowest BCUT2D eigenvalue weighted by molar-refractivity contribution is 0.340. The van der Waals surface area contributed by atoms with Gasteiger partial charge < -0.3 is 4.74 Å². The highest BCUT2D eigenvalue weighted by Gasteiger charge is 2.29. The van der Waals surface area contributed by atoms with E-state index in [9.17, 15) is 0 Å². The molecule has 1 heteroatoms. The van der Waals surface area contributed by atoms with Gasteiger partial charge in [0.05, 0.1) is 7.11 Å². The minimum atomic E-state index is 0.802. The molecule has 1 nitrogen and oxygen atoms in total. The number of fused-ring (bicyclic) bond motifs is 3. The number of hydrogen-bond acceptors (Lipinski definition) is 1. The van der Waals surface area contributed by atoms with Gasteiger partial charge in [-0.1, -0.05) is 24.3 Å². The van der Waals surface area contributed by atoms with Gasteiger partial charge in [-0.3, -0.25) is 0 Å². The van der Waals surface area contributed by atoms with Crippen molar-refractivity contribution < 1.29 is 4.74 Å². The van der Waals surface area contributed by atoms with Crippen LogP contribution in [0.5, 0.6) is 5.75 Å². The monoisotopic (exact) mass is 264 g/mol. The fourth-order valence-corrected chi connectivity index (χ4v) is 3.85. The van der Waals surface area contributed by atoms with Crippen LogP contribution in [0, 0.1) is 11.8 Å². The zero-order chi connectivity index (χ0) is 13.5. The highest BCUT2D eigenvalue weighted by molar-refractivity contribution is 5.87. The summed E-state index contributed by atoms with van der Waals surface area (Å²) in [5, 5.41) is 2.57. The molecular weight excluding hydrogens is 244 g/mol. The first-order valence-corrected chi connectivity index (χ1v) is 7.63. The van der Waals surface area contributed by atoms with Gasteiger partial charge in [-0.2, -0.15) is 0 Å². The molecule has 102 valence electrons. The lowest BCUT2D eigenvalue weighted by atomic mass is 9.70. The maximum atomic E-state index is 5.30. The van der Waals surface area contributed by atoms with Crippen molar-refractivity contribution in [3.05, 3.63) is 48.0 Å². The highest BCUT2D eigenvalue weighted by atomic mass is 16.5. The molecule has 0 spiro atoms. The highest BCUT2D eigenvalue weighted by Crippen LogP contribution is 2.45. The summed E-state index contributed by atoms with van der Waals surface area (Å²) in [4.78, 5) is 0. The fraction of sp³-hybridized carbons (Fsp3) is 0.368. The molecule has 0 amide bonds. The molecule has 5 rings (SSSR count). The van der Waals surface area contributed by atoms with E-state index in [1.165, 1.54) is 42.0 Å². The van der Waals surface area contributed by atoms with Crippen molar-refractivity contribution in [1.82, 2.24) is 0 Å². The number of rotatable bonds is 2. The van der Waals surface area contributed by atoms with Gasteiger partial charge in [0.25, 0.3) is 0 Å². The molecule has 3 aliphatic rings. The number of hydrogen-bond donors (Lipinski definition) is 0. The third-order valence-corrected chi connectivity index (χ3v) is 5.01. The Kier molecular flexibility index (Phi) is 2.80. The fourth-order valence-electron chi connectivity index (χ4n) is 3.85. The Hall–Kier alpha value is -1.76. The maximum Gasteiger partial charge on any atom is 0.119 e. The molecule has 0 N–H and O–H groups in total. The minimum absolute atomic E-state index is 0.802. The Balaban J connectivity index is 1.78. The van der Waals surface area contributed by atoms with Gasteiger partial charge in [0.15, 0.2) is 0 Å². The largest absolute Gasteiger partial charge is 0.497 e. The molecule has 0 aromatic heterocycles. The predicted octanol–water partition coefficient (Wildman–Crippen LogP) is 5.05. The van der Waals surface area contributed by atoms with Gasteiger partial charge >= 0.3 is 0 Å². The number of benzene rings is 2. The lowest BCUT2D eigenvalue weighted by Gasteiger charge is -2.35. The van der Waals surface area contributed by atoms with Gasteiger partial charge in [0, 0.05) is 0 Å². The van der Waals surface area contributed by atoms with Crippen LogP contribution in [0.1, 0.15) is 31.2 Å². The van der Waals surface area contributed by atoms with Crippen molar-refractivity contribution in [2.24, 2.45) is 11.8 Å². The zero-order valence-electron chi connectivity index (χ0n) is 11.9. The van der Waals surface area contributed by atoms with Crippen LogP contribution in [-0.2, 0) is 0 Å². The molecule has 3 aliphatic carbocycles. The molecule has 0 unspecified atom stereocenters. The summed E-state index contributed by atoms with van der Waals surface area (Å²) in [6, 6.07) is 13.2.